The number of rotatable bonds is 5. The third-order valence-electron chi connectivity index (χ3n) is 6.02. The molecule has 1 fully saturated rings. The zero-order valence-electron chi connectivity index (χ0n) is 17.9. The average Bonchev–Trinajstić information content (AvgIpc) is 3.18. The van der Waals surface area contributed by atoms with Crippen molar-refractivity contribution in [3.8, 4) is 16.9 Å². The Morgan fingerprint density at radius 3 is 2.52 bits per heavy atom. The van der Waals surface area contributed by atoms with Crippen LogP contribution in [0.1, 0.15) is 5.76 Å². The Hall–Kier alpha value is -3.20. The van der Waals surface area contributed by atoms with Crippen LogP contribution >= 0.6 is 11.6 Å². The highest BCUT2D eigenvalue weighted by atomic mass is 35.5. The van der Waals surface area contributed by atoms with Crippen LogP contribution in [0.3, 0.4) is 0 Å². The molecule has 1 N–H and O–H groups in total. The van der Waals surface area contributed by atoms with Gasteiger partial charge in [0.2, 0.25) is 5.91 Å². The number of aliphatic hydroxyl groups is 1. The molecule has 2 aromatic carbocycles. The summed E-state index contributed by atoms with van der Waals surface area (Å²) in [5.41, 5.74) is 1.64. The second-order valence-corrected chi connectivity index (χ2v) is 8.50. The summed E-state index contributed by atoms with van der Waals surface area (Å²) >= 11 is 6.00. The van der Waals surface area contributed by atoms with Crippen LogP contribution in [0, 0.1) is 0 Å². The molecule has 1 saturated heterocycles. The van der Waals surface area contributed by atoms with Crippen molar-refractivity contribution in [2.24, 2.45) is 0 Å². The lowest BCUT2D eigenvalue weighted by Crippen LogP contribution is -2.49. The van der Waals surface area contributed by atoms with Crippen molar-refractivity contribution in [2.75, 3.05) is 39.3 Å². The van der Waals surface area contributed by atoms with Crippen LogP contribution in [0.15, 0.2) is 57.7 Å². The Bertz CT molecular complexity index is 1320. The Kier molecular flexibility index (Phi) is 5.88. The van der Waals surface area contributed by atoms with Gasteiger partial charge in [-0.25, -0.2) is 0 Å². The Morgan fingerprint density at radius 2 is 1.79 bits per heavy atom. The summed E-state index contributed by atoms with van der Waals surface area (Å²) in [7, 11) is 0. The van der Waals surface area contributed by atoms with Crippen LogP contribution in [0.4, 0.5) is 0 Å². The van der Waals surface area contributed by atoms with E-state index in [0.717, 1.165) is 0 Å². The number of hydrogen-bond donors (Lipinski definition) is 1. The Labute approximate surface area is 194 Å². The fraction of sp³-hybridized carbons (Fsp3) is 0.292. The summed E-state index contributed by atoms with van der Waals surface area (Å²) in [5.74, 6) is 0.217. The van der Waals surface area contributed by atoms with Gasteiger partial charge in [0.25, 0.3) is 5.56 Å². The van der Waals surface area contributed by atoms with Crippen molar-refractivity contribution in [3.05, 3.63) is 69.7 Å². The summed E-state index contributed by atoms with van der Waals surface area (Å²) in [6.07, 6.45) is -0.0249. The van der Waals surface area contributed by atoms with Crippen LogP contribution < -0.4 is 5.56 Å². The lowest BCUT2D eigenvalue weighted by molar-refractivity contribution is -0.132. The Morgan fingerprint density at radius 1 is 1.06 bits per heavy atom. The molecule has 33 heavy (non-hydrogen) atoms. The van der Waals surface area contributed by atoms with E-state index in [2.05, 4.69) is 10.00 Å². The summed E-state index contributed by atoms with van der Waals surface area (Å²) in [4.78, 5) is 30.4. The van der Waals surface area contributed by atoms with Gasteiger partial charge in [0.05, 0.1) is 18.7 Å². The molecule has 9 heteroatoms. The fourth-order valence-corrected chi connectivity index (χ4v) is 4.40. The van der Waals surface area contributed by atoms with Gasteiger partial charge in [0.1, 0.15) is 22.6 Å². The molecule has 0 bridgehead atoms. The fourth-order valence-electron chi connectivity index (χ4n) is 4.27. The maximum Gasteiger partial charge on any atom is 0.284 e. The molecule has 2 aromatic rings. The van der Waals surface area contributed by atoms with E-state index in [9.17, 15) is 9.59 Å². The molecular weight excluding hydrogens is 444 g/mol. The van der Waals surface area contributed by atoms with E-state index in [4.69, 9.17) is 21.1 Å². The van der Waals surface area contributed by atoms with Gasteiger partial charge in [-0.05, 0) is 36.4 Å². The van der Waals surface area contributed by atoms with E-state index < -0.39 is 0 Å². The van der Waals surface area contributed by atoms with E-state index in [0.29, 0.717) is 71.4 Å². The summed E-state index contributed by atoms with van der Waals surface area (Å²) < 4.78 is 7.40. The monoisotopic (exact) mass is 466 g/mol. The molecule has 170 valence electrons. The topological polar surface area (TPSA) is 91.8 Å². The number of aliphatic hydroxyl groups excluding tert-OH is 1. The first-order valence-corrected chi connectivity index (χ1v) is 11.2. The van der Waals surface area contributed by atoms with Crippen LogP contribution in [-0.4, -0.2) is 69.9 Å². The highest BCUT2D eigenvalue weighted by molar-refractivity contribution is 6.30. The minimum absolute atomic E-state index is 0.0249. The van der Waals surface area contributed by atoms with Gasteiger partial charge < -0.3 is 14.4 Å². The lowest BCUT2D eigenvalue weighted by Gasteiger charge is -2.34. The second kappa shape index (κ2) is 8.97. The van der Waals surface area contributed by atoms with Crippen molar-refractivity contribution in [1.82, 2.24) is 19.6 Å². The summed E-state index contributed by atoms with van der Waals surface area (Å²) in [6.45, 7) is 3.27. The number of benzene rings is 2. The van der Waals surface area contributed by atoms with Gasteiger partial charge in [-0.2, -0.15) is 9.78 Å². The van der Waals surface area contributed by atoms with Crippen molar-refractivity contribution in [3.63, 3.8) is 0 Å². The van der Waals surface area contributed by atoms with Crippen molar-refractivity contribution < 1.29 is 14.3 Å². The number of carbonyl (C=O) groups excluding carboxylic acids is 1. The maximum absolute atomic E-state index is 13.4. The molecule has 0 atom stereocenters. The van der Waals surface area contributed by atoms with E-state index in [1.165, 1.54) is 4.68 Å². The van der Waals surface area contributed by atoms with Gasteiger partial charge >= 0.3 is 0 Å². The number of carbonyl (C=O) groups is 1. The third kappa shape index (κ3) is 4.13. The molecule has 1 amide bonds. The molecule has 0 unspecified atom stereocenters. The number of aromatic nitrogens is 2. The van der Waals surface area contributed by atoms with Crippen molar-refractivity contribution in [2.45, 2.75) is 6.42 Å². The minimum Gasteiger partial charge on any atom is -0.460 e. The molecule has 5 rings (SSSR count). The zero-order valence-corrected chi connectivity index (χ0v) is 18.7. The van der Waals surface area contributed by atoms with Gasteiger partial charge in [0, 0.05) is 43.1 Å². The quantitative estimate of drug-likeness (QED) is 0.485. The molecule has 3 heterocycles. The van der Waals surface area contributed by atoms with Gasteiger partial charge in [-0.15, -0.1) is 0 Å². The van der Waals surface area contributed by atoms with Gasteiger partial charge in [0.15, 0.2) is 0 Å². The highest BCUT2D eigenvalue weighted by Crippen LogP contribution is 2.32. The van der Waals surface area contributed by atoms with Gasteiger partial charge in [-0.3, -0.25) is 14.5 Å². The number of β-amino-alcohol motifs (C(OH)–C–C–N with tert-alkyl or cyclic N) is 1. The summed E-state index contributed by atoms with van der Waals surface area (Å²) in [5, 5.41) is 15.0. The number of piperazine rings is 1. The first-order valence-electron chi connectivity index (χ1n) is 10.9. The van der Waals surface area contributed by atoms with Crippen LogP contribution in [0.5, 0.6) is 0 Å². The first kappa shape index (κ1) is 21.6. The molecule has 3 aliphatic rings. The predicted molar refractivity (Wildman–Crippen MR) is 125 cm³/mol. The number of fused-ring (bicyclic) bond motifs is 3. The molecule has 0 radical (unpaired) electrons. The second-order valence-electron chi connectivity index (χ2n) is 8.06. The number of halogens is 1. The number of nitrogens with zero attached hydrogens (tertiary/aromatic N) is 4. The maximum atomic E-state index is 13.4. The van der Waals surface area contributed by atoms with E-state index >= 15 is 0 Å². The highest BCUT2D eigenvalue weighted by Gasteiger charge is 2.28. The number of para-hydroxylation sites is 1. The van der Waals surface area contributed by atoms with Crippen LogP contribution in [0.25, 0.3) is 27.9 Å². The number of amides is 1. The molecule has 8 nitrogen and oxygen atoms in total. The minimum atomic E-state index is -0.336. The average molecular weight is 467 g/mol. The lowest BCUT2D eigenvalue weighted by atomic mass is 10.0. The summed E-state index contributed by atoms with van der Waals surface area (Å²) in [6, 6.07) is 14.2. The number of hydrogen-bond acceptors (Lipinski definition) is 6. The third-order valence-corrected chi connectivity index (χ3v) is 6.27. The zero-order chi connectivity index (χ0) is 22.9. The largest absolute Gasteiger partial charge is 0.460 e. The predicted octanol–water partition coefficient (Wildman–Crippen LogP) is 2.42. The molecule has 0 saturated carbocycles. The van der Waals surface area contributed by atoms with E-state index in [1.54, 1.807) is 29.2 Å². The SMILES string of the molecule is O=C(Cc1oc2ccccc2c2nn(-c3ccc(Cl)cc3)c(=O)c1-2)N1CCN(CCO)CC1. The first-order chi connectivity index (χ1) is 16.0. The Balaban J connectivity index is 1.53. The van der Waals surface area contributed by atoms with E-state index in [1.807, 2.05) is 24.3 Å². The molecular formula is C24H23ClN4O4. The molecule has 3 aliphatic heterocycles. The van der Waals surface area contributed by atoms with E-state index in [-0.39, 0.29) is 24.5 Å². The molecule has 0 spiro atoms. The van der Waals surface area contributed by atoms with Crippen LogP contribution in [-0.2, 0) is 11.2 Å². The van der Waals surface area contributed by atoms with Crippen molar-refractivity contribution in [1.29, 1.82) is 0 Å². The standard InChI is InChI=1S/C24H23ClN4O4/c25-16-5-7-17(8-6-16)29-24(32)22-20(33-19-4-2-1-3-18(19)23(22)26-29)15-21(31)28-11-9-27(10-12-28)13-14-30/h1-8,30H,9-15H2. The molecule has 0 aliphatic carbocycles. The normalized spacial score (nSPS) is 14.9. The molecule has 0 aromatic heterocycles. The van der Waals surface area contributed by atoms with Crippen molar-refractivity contribution >= 4 is 28.5 Å². The smallest absolute Gasteiger partial charge is 0.284 e. The van der Waals surface area contributed by atoms with Crippen LogP contribution in [0.2, 0.25) is 5.02 Å². The van der Waals surface area contributed by atoms with Gasteiger partial charge in [-0.1, -0.05) is 23.7 Å².